The normalized spacial score (nSPS) is 20.8. The Hall–Kier alpha value is -2.32. The largest absolute Gasteiger partial charge is 0.303 e. The van der Waals surface area contributed by atoms with Crippen LogP contribution < -0.4 is 5.06 Å². The summed E-state index contributed by atoms with van der Waals surface area (Å²) in [5.74, 6) is 1.57. The maximum atomic E-state index is 11.9. The van der Waals surface area contributed by atoms with Crippen LogP contribution in [0.2, 0.25) is 0 Å². The van der Waals surface area contributed by atoms with E-state index in [0.29, 0.717) is 18.4 Å². The number of nitrogens with one attached hydrogen (secondary N) is 1. The number of aromatic amines is 1. The van der Waals surface area contributed by atoms with E-state index in [9.17, 15) is 4.79 Å². The summed E-state index contributed by atoms with van der Waals surface area (Å²) in [7, 11) is 0. The first kappa shape index (κ1) is 18.5. The van der Waals surface area contributed by atoms with Gasteiger partial charge in [0.05, 0.1) is 12.3 Å². The summed E-state index contributed by atoms with van der Waals surface area (Å²) in [5, 5.41) is 15.5. The molecule has 0 bridgehead atoms. The minimum atomic E-state index is -0.110. The smallest absolute Gasteiger partial charge is 0.247 e. The number of carbonyl (C=O) groups excluding carboxylic acids is 1. The summed E-state index contributed by atoms with van der Waals surface area (Å²) < 4.78 is 0. The number of rotatable bonds is 7. The molecule has 2 atom stereocenters. The quantitative estimate of drug-likeness (QED) is 0.758. The summed E-state index contributed by atoms with van der Waals surface area (Å²) in [5.41, 5.74) is 0.769. The van der Waals surface area contributed by atoms with Gasteiger partial charge in [-0.15, -0.1) is 10.2 Å². The Morgan fingerprint density at radius 2 is 2.19 bits per heavy atom. The monoisotopic (exact) mass is 358 g/mol. The van der Waals surface area contributed by atoms with Gasteiger partial charge in [-0.2, -0.15) is 10.3 Å². The molecule has 1 aromatic heterocycles. The molecule has 0 aliphatic carbocycles. The molecule has 0 unspecified atom stereocenters. The van der Waals surface area contributed by atoms with Crippen LogP contribution in [0.5, 0.6) is 0 Å². The number of H-pyrrole nitrogens is 1. The molecule has 0 saturated carbocycles. The molecule has 1 amide bonds. The van der Waals surface area contributed by atoms with E-state index in [1.807, 2.05) is 30.3 Å². The third-order valence-electron chi connectivity index (χ3n) is 4.90. The van der Waals surface area contributed by atoms with Gasteiger partial charge in [-0.05, 0) is 36.9 Å². The third kappa shape index (κ3) is 4.86. The molecule has 0 spiro atoms. The van der Waals surface area contributed by atoms with Gasteiger partial charge in [-0.1, -0.05) is 30.3 Å². The lowest BCUT2D eigenvalue weighted by Gasteiger charge is -2.37. The molecule has 1 aliphatic heterocycles. The average molecular weight is 358 g/mol. The highest BCUT2D eigenvalue weighted by atomic mass is 16.7. The van der Waals surface area contributed by atoms with Crippen LogP contribution in [0.25, 0.3) is 0 Å². The number of hydrogen-bond acceptors (Lipinski definition) is 6. The van der Waals surface area contributed by atoms with Gasteiger partial charge in [0.15, 0.2) is 5.82 Å². The minimum absolute atomic E-state index is 0.110. The van der Waals surface area contributed by atoms with Crippen LogP contribution in [0.15, 0.2) is 30.3 Å². The number of nitrogens with zero attached hydrogens (tertiary/aromatic N) is 5. The van der Waals surface area contributed by atoms with E-state index in [-0.39, 0.29) is 5.91 Å². The molecule has 1 N–H and O–H groups in total. The summed E-state index contributed by atoms with van der Waals surface area (Å²) in [4.78, 5) is 20.2. The molecule has 26 heavy (non-hydrogen) atoms. The molecule has 8 heteroatoms. The van der Waals surface area contributed by atoms with Gasteiger partial charge in [0.1, 0.15) is 0 Å². The average Bonchev–Trinajstić information content (AvgIpc) is 3.16. The molecular weight excluding hydrogens is 332 g/mol. The lowest BCUT2D eigenvalue weighted by Crippen LogP contribution is -2.43. The molecule has 2 heterocycles. The lowest BCUT2D eigenvalue weighted by atomic mass is 9.87. The van der Waals surface area contributed by atoms with Crippen molar-refractivity contribution >= 4 is 11.6 Å². The van der Waals surface area contributed by atoms with E-state index in [4.69, 9.17) is 4.84 Å². The van der Waals surface area contributed by atoms with Crippen molar-refractivity contribution in [1.82, 2.24) is 25.5 Å². The van der Waals surface area contributed by atoms with Crippen molar-refractivity contribution in [3.63, 3.8) is 0 Å². The number of tetrazole rings is 1. The Kier molecular flexibility index (Phi) is 6.30. The van der Waals surface area contributed by atoms with Crippen LogP contribution in [-0.4, -0.2) is 57.7 Å². The second-order valence-corrected chi connectivity index (χ2v) is 6.85. The number of benzene rings is 1. The zero-order valence-electron chi connectivity index (χ0n) is 15.3. The number of carbonyl (C=O) groups is 1. The van der Waals surface area contributed by atoms with E-state index < -0.39 is 0 Å². The first-order valence-corrected chi connectivity index (χ1v) is 9.07. The molecular formula is C18H26N6O2. The Morgan fingerprint density at radius 3 is 2.85 bits per heavy atom. The first-order chi connectivity index (χ1) is 12.6. The number of amides is 1. The number of piperidine rings is 1. The maximum Gasteiger partial charge on any atom is 0.247 e. The highest BCUT2D eigenvalue weighted by Crippen LogP contribution is 2.25. The van der Waals surface area contributed by atoms with Crippen molar-refractivity contribution in [3.05, 3.63) is 36.2 Å². The highest BCUT2D eigenvalue weighted by Gasteiger charge is 2.27. The van der Waals surface area contributed by atoms with Crippen molar-refractivity contribution in [1.29, 1.82) is 0 Å². The number of likely N-dealkylation sites (tertiary alicyclic amines) is 1. The Bertz CT molecular complexity index is 678. The second kappa shape index (κ2) is 8.86. The maximum absolute atomic E-state index is 11.9. The molecule has 1 fully saturated rings. The predicted molar refractivity (Wildman–Crippen MR) is 97.1 cm³/mol. The van der Waals surface area contributed by atoms with Crippen LogP contribution in [0.4, 0.5) is 5.69 Å². The third-order valence-corrected chi connectivity index (χ3v) is 4.90. The van der Waals surface area contributed by atoms with Gasteiger partial charge < -0.3 is 4.90 Å². The molecule has 140 valence electrons. The standard InChI is InChI=1S/C18H26N6O2/c1-14-12-23(11-9-18-19-21-22-20-18)10-8-16(14)13-26-24(15(2)25)17-6-4-3-5-7-17/h3-7,14,16H,8-13H2,1-2H3,(H,19,20,21,22)/t14-,16-/m0/s1. The van der Waals surface area contributed by atoms with Crippen molar-refractivity contribution in [3.8, 4) is 0 Å². The van der Waals surface area contributed by atoms with Crippen molar-refractivity contribution < 1.29 is 9.63 Å². The van der Waals surface area contributed by atoms with Crippen LogP contribution in [0.1, 0.15) is 26.1 Å². The van der Waals surface area contributed by atoms with Crippen LogP contribution in [0.3, 0.4) is 0 Å². The summed E-state index contributed by atoms with van der Waals surface area (Å²) >= 11 is 0. The summed E-state index contributed by atoms with van der Waals surface area (Å²) in [6.07, 6.45) is 1.85. The first-order valence-electron chi connectivity index (χ1n) is 9.07. The molecule has 0 radical (unpaired) electrons. The zero-order chi connectivity index (χ0) is 18.4. The van der Waals surface area contributed by atoms with Crippen molar-refractivity contribution in [2.24, 2.45) is 11.8 Å². The molecule has 3 rings (SSSR count). The van der Waals surface area contributed by atoms with E-state index in [0.717, 1.165) is 44.0 Å². The number of anilines is 1. The Labute approximate surface area is 153 Å². The van der Waals surface area contributed by atoms with Crippen molar-refractivity contribution in [2.45, 2.75) is 26.7 Å². The summed E-state index contributed by atoms with van der Waals surface area (Å²) in [6.45, 7) is 7.28. The van der Waals surface area contributed by atoms with Gasteiger partial charge in [0.25, 0.3) is 0 Å². The van der Waals surface area contributed by atoms with Gasteiger partial charge in [-0.25, -0.2) is 0 Å². The van der Waals surface area contributed by atoms with Gasteiger partial charge >= 0.3 is 0 Å². The molecule has 1 aliphatic rings. The van der Waals surface area contributed by atoms with Gasteiger partial charge in [0, 0.05) is 26.4 Å². The van der Waals surface area contributed by atoms with E-state index in [1.165, 1.54) is 12.0 Å². The predicted octanol–water partition coefficient (Wildman–Crippen LogP) is 1.68. The summed E-state index contributed by atoms with van der Waals surface area (Å²) in [6, 6.07) is 9.49. The van der Waals surface area contributed by atoms with Crippen LogP contribution in [0, 0.1) is 11.8 Å². The number of hydroxylamine groups is 1. The Balaban J connectivity index is 1.47. The number of hydrogen-bond donors (Lipinski definition) is 1. The minimum Gasteiger partial charge on any atom is -0.303 e. The fraction of sp³-hybridized carbons (Fsp3) is 0.556. The fourth-order valence-corrected chi connectivity index (χ4v) is 3.36. The SMILES string of the molecule is CC(=O)N(OC[C@@H]1CCN(CCc2nn[nH]n2)C[C@@H]1C)c1ccccc1. The van der Waals surface area contributed by atoms with Gasteiger partial charge in [0.2, 0.25) is 5.91 Å². The lowest BCUT2D eigenvalue weighted by molar-refractivity contribution is -0.125. The van der Waals surface area contributed by atoms with E-state index in [1.54, 1.807) is 0 Å². The highest BCUT2D eigenvalue weighted by molar-refractivity contribution is 5.89. The zero-order valence-corrected chi connectivity index (χ0v) is 15.3. The Morgan fingerprint density at radius 1 is 1.38 bits per heavy atom. The number of para-hydroxylation sites is 1. The van der Waals surface area contributed by atoms with Crippen LogP contribution in [-0.2, 0) is 16.1 Å². The van der Waals surface area contributed by atoms with Crippen LogP contribution >= 0.6 is 0 Å². The number of aromatic nitrogens is 4. The molecule has 1 aromatic carbocycles. The fourth-order valence-electron chi connectivity index (χ4n) is 3.36. The topological polar surface area (TPSA) is 87.2 Å². The second-order valence-electron chi connectivity index (χ2n) is 6.85. The molecule has 1 saturated heterocycles. The van der Waals surface area contributed by atoms with E-state index in [2.05, 4.69) is 32.4 Å². The molecule has 8 nitrogen and oxygen atoms in total. The van der Waals surface area contributed by atoms with E-state index >= 15 is 0 Å². The van der Waals surface area contributed by atoms with Gasteiger partial charge in [-0.3, -0.25) is 9.63 Å². The van der Waals surface area contributed by atoms with Crippen molar-refractivity contribution in [2.75, 3.05) is 31.3 Å². The molecule has 2 aromatic rings.